The van der Waals surface area contributed by atoms with Crippen molar-refractivity contribution in [3.63, 3.8) is 0 Å². The van der Waals surface area contributed by atoms with Crippen molar-refractivity contribution < 1.29 is 14.6 Å². The summed E-state index contributed by atoms with van der Waals surface area (Å²) in [7, 11) is 0. The fourth-order valence-corrected chi connectivity index (χ4v) is 3.32. The van der Waals surface area contributed by atoms with E-state index in [1.54, 1.807) is 41.1 Å². The highest BCUT2D eigenvalue weighted by atomic mass is 32.2. The largest absolute Gasteiger partial charge is 0.508 e. The van der Waals surface area contributed by atoms with Crippen LogP contribution in [0.15, 0.2) is 46.5 Å². The predicted molar refractivity (Wildman–Crippen MR) is 101 cm³/mol. The number of fused-ring (bicyclic) bond motifs is 1. The molecular formula is C18H21N3O4S. The van der Waals surface area contributed by atoms with Crippen LogP contribution in [0.5, 0.6) is 5.75 Å². The molecule has 0 radical (unpaired) electrons. The average molecular weight is 375 g/mol. The molecule has 1 aromatic carbocycles. The molecule has 0 saturated carbocycles. The normalized spacial score (nSPS) is 11.3. The second-order valence-corrected chi connectivity index (χ2v) is 6.51. The number of benzene rings is 1. The second kappa shape index (κ2) is 8.88. The highest BCUT2D eigenvalue weighted by molar-refractivity contribution is 7.99. The van der Waals surface area contributed by atoms with Crippen molar-refractivity contribution in [1.29, 1.82) is 0 Å². The molecular weight excluding hydrogens is 354 g/mol. The van der Waals surface area contributed by atoms with Crippen LogP contribution in [0.3, 0.4) is 0 Å². The number of hydrogen-bond acceptors (Lipinski definition) is 6. The molecule has 26 heavy (non-hydrogen) atoms. The molecule has 8 heteroatoms. The van der Waals surface area contributed by atoms with Crippen LogP contribution < -0.4 is 5.56 Å². The number of ether oxygens (including phenoxy) is 2. The summed E-state index contributed by atoms with van der Waals surface area (Å²) >= 11 is 1.45. The maximum Gasteiger partial charge on any atom is 0.283 e. The summed E-state index contributed by atoms with van der Waals surface area (Å²) in [6.07, 6.45) is 1.70. The smallest absolute Gasteiger partial charge is 0.283 e. The van der Waals surface area contributed by atoms with Crippen molar-refractivity contribution in [2.24, 2.45) is 0 Å². The Morgan fingerprint density at radius 2 is 1.92 bits per heavy atom. The Morgan fingerprint density at radius 3 is 2.69 bits per heavy atom. The van der Waals surface area contributed by atoms with Gasteiger partial charge in [0.15, 0.2) is 5.16 Å². The van der Waals surface area contributed by atoms with Crippen molar-refractivity contribution in [2.45, 2.75) is 12.1 Å². The molecule has 0 aliphatic heterocycles. The van der Waals surface area contributed by atoms with Crippen LogP contribution in [-0.4, -0.2) is 51.8 Å². The molecule has 3 rings (SSSR count). The topological polar surface area (TPSA) is 89.4 Å². The molecule has 0 fully saturated rings. The van der Waals surface area contributed by atoms with Gasteiger partial charge in [-0.05, 0) is 37.3 Å². The van der Waals surface area contributed by atoms with Crippen LogP contribution in [-0.2, 0) is 9.47 Å². The lowest BCUT2D eigenvalue weighted by Crippen LogP contribution is -2.22. The summed E-state index contributed by atoms with van der Waals surface area (Å²) in [5.74, 6) is 0.805. The molecule has 2 aromatic heterocycles. The highest BCUT2D eigenvalue weighted by Gasteiger charge is 2.14. The molecule has 0 saturated heterocycles. The van der Waals surface area contributed by atoms with Crippen LogP contribution >= 0.6 is 11.8 Å². The number of thioether (sulfide) groups is 1. The number of aromatic nitrogens is 3. The van der Waals surface area contributed by atoms with E-state index in [1.165, 1.54) is 11.8 Å². The number of nitrogens with one attached hydrogen (secondary N) is 1. The molecule has 2 heterocycles. The van der Waals surface area contributed by atoms with Crippen LogP contribution in [0.4, 0.5) is 0 Å². The molecule has 0 spiro atoms. The molecule has 7 nitrogen and oxygen atoms in total. The van der Waals surface area contributed by atoms with Crippen LogP contribution in [0, 0.1) is 0 Å². The average Bonchev–Trinajstić information content (AvgIpc) is 3.11. The van der Waals surface area contributed by atoms with Gasteiger partial charge in [0.25, 0.3) is 5.56 Å². The first-order chi connectivity index (χ1) is 12.7. The van der Waals surface area contributed by atoms with E-state index in [0.29, 0.717) is 54.1 Å². The van der Waals surface area contributed by atoms with Gasteiger partial charge in [-0.1, -0.05) is 11.8 Å². The minimum absolute atomic E-state index is 0.146. The fourth-order valence-electron chi connectivity index (χ4n) is 2.46. The lowest BCUT2D eigenvalue weighted by atomic mass is 10.3. The van der Waals surface area contributed by atoms with Gasteiger partial charge in [-0.15, -0.1) is 0 Å². The Morgan fingerprint density at radius 1 is 1.15 bits per heavy atom. The highest BCUT2D eigenvalue weighted by Crippen LogP contribution is 2.22. The zero-order valence-corrected chi connectivity index (χ0v) is 15.3. The van der Waals surface area contributed by atoms with Gasteiger partial charge < -0.3 is 19.6 Å². The van der Waals surface area contributed by atoms with Gasteiger partial charge in [0.2, 0.25) is 0 Å². The standard InChI is InChI=1S/C18H21N3O4S/c1-2-24-9-10-25-11-12-26-18-20-15-7-8-19-16(15)17(23)21(18)13-3-5-14(22)6-4-13/h3-8,19,22H,2,9-12H2,1H3. The number of H-pyrrole nitrogens is 1. The number of aromatic amines is 1. The molecule has 0 amide bonds. The molecule has 138 valence electrons. The number of hydrogen-bond donors (Lipinski definition) is 2. The second-order valence-electron chi connectivity index (χ2n) is 5.45. The first-order valence-electron chi connectivity index (χ1n) is 8.38. The quantitative estimate of drug-likeness (QED) is 0.339. The van der Waals surface area contributed by atoms with E-state index in [-0.39, 0.29) is 11.3 Å². The number of rotatable bonds is 9. The van der Waals surface area contributed by atoms with E-state index in [0.717, 1.165) is 0 Å². The molecule has 0 aliphatic rings. The van der Waals surface area contributed by atoms with E-state index < -0.39 is 0 Å². The summed E-state index contributed by atoms with van der Waals surface area (Å²) in [4.78, 5) is 20.4. The van der Waals surface area contributed by atoms with E-state index in [9.17, 15) is 9.90 Å². The number of phenols is 1. The number of nitrogens with zero attached hydrogens (tertiary/aromatic N) is 2. The number of aromatic hydroxyl groups is 1. The van der Waals surface area contributed by atoms with E-state index in [2.05, 4.69) is 9.97 Å². The van der Waals surface area contributed by atoms with E-state index in [4.69, 9.17) is 9.47 Å². The van der Waals surface area contributed by atoms with Crippen molar-refractivity contribution in [3.05, 3.63) is 46.9 Å². The molecule has 0 atom stereocenters. The van der Waals surface area contributed by atoms with Crippen molar-refractivity contribution in [3.8, 4) is 11.4 Å². The van der Waals surface area contributed by atoms with Crippen LogP contribution in [0.1, 0.15) is 6.92 Å². The number of phenolic OH excluding ortho intramolecular Hbond substituents is 1. The van der Waals surface area contributed by atoms with Gasteiger partial charge in [-0.2, -0.15) is 0 Å². The van der Waals surface area contributed by atoms with Crippen LogP contribution in [0.2, 0.25) is 0 Å². The van der Waals surface area contributed by atoms with E-state index >= 15 is 0 Å². The first kappa shape index (κ1) is 18.5. The zero-order chi connectivity index (χ0) is 18.4. The maximum absolute atomic E-state index is 12.9. The van der Waals surface area contributed by atoms with Crippen molar-refractivity contribution in [2.75, 3.05) is 32.2 Å². The Labute approximate surface area is 155 Å². The third kappa shape index (κ3) is 4.27. The Hall–Kier alpha value is -2.29. The SMILES string of the molecule is CCOCCOCCSc1nc2cc[nH]c2c(=O)n1-c1ccc(O)cc1. The van der Waals surface area contributed by atoms with Crippen molar-refractivity contribution >= 4 is 22.8 Å². The lowest BCUT2D eigenvalue weighted by molar-refractivity contribution is 0.0594. The van der Waals surface area contributed by atoms with Gasteiger partial charge in [-0.3, -0.25) is 9.36 Å². The van der Waals surface area contributed by atoms with Gasteiger partial charge in [-0.25, -0.2) is 4.98 Å². The van der Waals surface area contributed by atoms with Gasteiger partial charge in [0, 0.05) is 18.6 Å². The van der Waals surface area contributed by atoms with E-state index in [1.807, 2.05) is 6.92 Å². The monoisotopic (exact) mass is 375 g/mol. The summed E-state index contributed by atoms with van der Waals surface area (Å²) in [6.45, 7) is 4.28. The summed E-state index contributed by atoms with van der Waals surface area (Å²) < 4.78 is 12.3. The minimum Gasteiger partial charge on any atom is -0.508 e. The zero-order valence-electron chi connectivity index (χ0n) is 14.5. The third-order valence-corrected chi connectivity index (χ3v) is 4.60. The van der Waals surface area contributed by atoms with Gasteiger partial charge >= 0.3 is 0 Å². The van der Waals surface area contributed by atoms with Gasteiger partial charge in [0.05, 0.1) is 31.0 Å². The molecule has 3 aromatic rings. The lowest BCUT2D eigenvalue weighted by Gasteiger charge is -2.12. The van der Waals surface area contributed by atoms with Crippen molar-refractivity contribution in [1.82, 2.24) is 14.5 Å². The molecule has 2 N–H and O–H groups in total. The molecule has 0 bridgehead atoms. The Balaban J connectivity index is 1.80. The Kier molecular flexibility index (Phi) is 6.32. The minimum atomic E-state index is -0.176. The third-order valence-electron chi connectivity index (χ3n) is 3.69. The summed E-state index contributed by atoms with van der Waals surface area (Å²) in [5, 5.41) is 10.1. The fraction of sp³-hybridized carbons (Fsp3) is 0.333. The first-order valence-corrected chi connectivity index (χ1v) is 9.37. The Bertz CT molecular complexity index is 905. The van der Waals surface area contributed by atoms with Gasteiger partial charge in [0.1, 0.15) is 11.3 Å². The predicted octanol–water partition coefficient (Wildman–Crippen LogP) is 2.56. The maximum atomic E-state index is 12.9. The van der Waals surface area contributed by atoms with Crippen LogP contribution in [0.25, 0.3) is 16.7 Å². The summed E-state index contributed by atoms with van der Waals surface area (Å²) in [6, 6.07) is 8.25. The molecule has 0 unspecified atom stereocenters. The summed E-state index contributed by atoms with van der Waals surface area (Å²) in [5.41, 5.74) is 1.56. The molecule has 0 aliphatic carbocycles.